The van der Waals surface area contributed by atoms with Crippen molar-refractivity contribution in [3.8, 4) is 0 Å². The average molecular weight is 218 g/mol. The molecule has 7 heteroatoms. The third-order valence-corrected chi connectivity index (χ3v) is 2.82. The second kappa shape index (κ2) is 3.68. The van der Waals surface area contributed by atoms with Gasteiger partial charge in [-0.25, -0.2) is 12.8 Å². The fraction of sp³-hybridized carbons (Fsp3) is 0.143. The number of hydrogen-bond donors (Lipinski definition) is 2. The van der Waals surface area contributed by atoms with E-state index in [0.717, 1.165) is 24.5 Å². The fourth-order valence-corrected chi connectivity index (χ4v) is 1.97. The number of rotatable bonds is 2. The summed E-state index contributed by atoms with van der Waals surface area (Å²) >= 11 is 0. The predicted octanol–water partition coefficient (Wildman–Crippen LogP) is -1.09. The molecular weight excluding hydrogens is 210 g/mol. The highest BCUT2D eigenvalue weighted by Crippen LogP contribution is 2.07. The summed E-state index contributed by atoms with van der Waals surface area (Å²) in [7, 11) is -5.59. The molecule has 0 amide bonds. The Morgan fingerprint density at radius 1 is 1.36 bits per heavy atom. The highest BCUT2D eigenvalue weighted by molar-refractivity contribution is 7.91. The molecule has 4 nitrogen and oxygen atoms in total. The van der Waals surface area contributed by atoms with Crippen LogP contribution in [0, 0.1) is 5.82 Å². The normalized spacial score (nSPS) is 11.4. The van der Waals surface area contributed by atoms with Gasteiger partial charge in [0.2, 0.25) is 0 Å². The zero-order chi connectivity index (χ0) is 10.9. The molecule has 0 aliphatic carbocycles. The molecule has 2 N–H and O–H groups in total. The molecule has 0 bridgehead atoms. The molecule has 76 valence electrons. The van der Waals surface area contributed by atoms with Gasteiger partial charge in [0.1, 0.15) is 5.82 Å². The summed E-state index contributed by atoms with van der Waals surface area (Å²) in [5.41, 5.74) is -0.354. The molecule has 0 aliphatic heterocycles. The molecule has 0 saturated heterocycles. The summed E-state index contributed by atoms with van der Waals surface area (Å²) in [6, 6.07) is 2.72. The number of benzene rings is 1. The first kappa shape index (κ1) is 11.2. The van der Waals surface area contributed by atoms with Crippen LogP contribution < -0.4 is 5.46 Å². The maximum atomic E-state index is 12.7. The molecule has 0 fully saturated rings. The largest absolute Gasteiger partial charge is 0.489 e. The maximum Gasteiger partial charge on any atom is 0.489 e. The van der Waals surface area contributed by atoms with Gasteiger partial charge >= 0.3 is 7.12 Å². The van der Waals surface area contributed by atoms with E-state index < -0.39 is 22.8 Å². The van der Waals surface area contributed by atoms with Crippen molar-refractivity contribution in [2.24, 2.45) is 0 Å². The van der Waals surface area contributed by atoms with Crippen molar-refractivity contribution in [2.75, 3.05) is 6.26 Å². The minimum Gasteiger partial charge on any atom is -0.423 e. The molecule has 0 aliphatic rings. The smallest absolute Gasteiger partial charge is 0.423 e. The molecule has 14 heavy (non-hydrogen) atoms. The van der Waals surface area contributed by atoms with Gasteiger partial charge in [-0.15, -0.1) is 0 Å². The lowest BCUT2D eigenvalue weighted by molar-refractivity contribution is 0.424. The van der Waals surface area contributed by atoms with Crippen molar-refractivity contribution in [1.29, 1.82) is 0 Å². The molecule has 0 unspecified atom stereocenters. The Hall–Kier alpha value is -0.915. The van der Waals surface area contributed by atoms with Crippen molar-refractivity contribution < 1.29 is 22.9 Å². The summed E-state index contributed by atoms with van der Waals surface area (Å²) in [6.45, 7) is 0. The molecule has 0 atom stereocenters. The predicted molar refractivity (Wildman–Crippen MR) is 49.3 cm³/mol. The first-order valence-corrected chi connectivity index (χ1v) is 5.57. The lowest BCUT2D eigenvalue weighted by Crippen LogP contribution is -2.34. The molecule has 1 rings (SSSR count). The topological polar surface area (TPSA) is 74.6 Å². The monoisotopic (exact) mass is 218 g/mol. The van der Waals surface area contributed by atoms with E-state index in [2.05, 4.69) is 0 Å². The molecule has 0 aromatic heterocycles. The van der Waals surface area contributed by atoms with Crippen LogP contribution in [0.1, 0.15) is 0 Å². The Kier molecular flexibility index (Phi) is 2.93. The van der Waals surface area contributed by atoms with Crippen molar-refractivity contribution in [2.45, 2.75) is 4.90 Å². The summed E-state index contributed by atoms with van der Waals surface area (Å²) < 4.78 is 34.9. The van der Waals surface area contributed by atoms with E-state index in [1.807, 2.05) is 0 Å². The molecule has 0 heterocycles. The van der Waals surface area contributed by atoms with Gasteiger partial charge in [0.25, 0.3) is 0 Å². The van der Waals surface area contributed by atoms with Crippen LogP contribution in [-0.4, -0.2) is 31.8 Å². The van der Waals surface area contributed by atoms with Gasteiger partial charge in [0, 0.05) is 11.7 Å². The van der Waals surface area contributed by atoms with E-state index >= 15 is 0 Å². The highest BCUT2D eigenvalue weighted by Gasteiger charge is 2.22. The Bertz CT molecular complexity index is 443. The van der Waals surface area contributed by atoms with Gasteiger partial charge < -0.3 is 10.0 Å². The lowest BCUT2D eigenvalue weighted by atomic mass is 9.80. The molecule has 0 spiro atoms. The third-order valence-electron chi connectivity index (χ3n) is 1.65. The zero-order valence-electron chi connectivity index (χ0n) is 7.31. The van der Waals surface area contributed by atoms with Crippen LogP contribution in [0.4, 0.5) is 4.39 Å². The molecule has 0 radical (unpaired) electrons. The van der Waals surface area contributed by atoms with Gasteiger partial charge in [-0.3, -0.25) is 0 Å². The molecule has 1 aromatic carbocycles. The van der Waals surface area contributed by atoms with Crippen LogP contribution in [0.15, 0.2) is 23.1 Å². The van der Waals surface area contributed by atoms with E-state index in [0.29, 0.717) is 0 Å². The van der Waals surface area contributed by atoms with Gasteiger partial charge in [-0.2, -0.15) is 0 Å². The van der Waals surface area contributed by atoms with Crippen molar-refractivity contribution in [1.82, 2.24) is 0 Å². The standard InChI is InChI=1S/C7H8BFO4S/c1-14(12,13)7-3-2-5(9)4-6(7)8(10)11/h2-4,10-11H,1H3. The Labute approximate surface area is 81.1 Å². The van der Waals surface area contributed by atoms with Crippen LogP contribution in [0.5, 0.6) is 0 Å². The number of sulfone groups is 1. The SMILES string of the molecule is CS(=O)(=O)c1ccc(F)cc1B(O)O. The van der Waals surface area contributed by atoms with Gasteiger partial charge in [-0.1, -0.05) is 0 Å². The first-order valence-electron chi connectivity index (χ1n) is 3.68. The maximum absolute atomic E-state index is 12.7. The fourth-order valence-electron chi connectivity index (χ4n) is 1.06. The summed E-state index contributed by atoms with van der Waals surface area (Å²) in [4.78, 5) is -0.283. The second-order valence-electron chi connectivity index (χ2n) is 2.83. The van der Waals surface area contributed by atoms with E-state index in [1.54, 1.807) is 0 Å². The minimum atomic E-state index is -3.58. The molecule has 0 saturated carbocycles. The van der Waals surface area contributed by atoms with Crippen molar-refractivity contribution >= 4 is 22.4 Å². The Balaban J connectivity index is 3.45. The van der Waals surface area contributed by atoms with E-state index in [1.165, 1.54) is 0 Å². The van der Waals surface area contributed by atoms with Crippen LogP contribution >= 0.6 is 0 Å². The van der Waals surface area contributed by atoms with Gasteiger partial charge in [0.05, 0.1) is 4.90 Å². The average Bonchev–Trinajstić information content (AvgIpc) is 2.01. The van der Waals surface area contributed by atoms with Gasteiger partial charge in [0.15, 0.2) is 9.84 Å². The zero-order valence-corrected chi connectivity index (χ0v) is 8.12. The number of hydrogen-bond acceptors (Lipinski definition) is 4. The van der Waals surface area contributed by atoms with Crippen LogP contribution in [-0.2, 0) is 9.84 Å². The van der Waals surface area contributed by atoms with Crippen LogP contribution in [0.2, 0.25) is 0 Å². The van der Waals surface area contributed by atoms with Crippen LogP contribution in [0.3, 0.4) is 0 Å². The van der Waals surface area contributed by atoms with Gasteiger partial charge in [-0.05, 0) is 18.2 Å². The second-order valence-corrected chi connectivity index (χ2v) is 4.81. The number of halogens is 1. The van der Waals surface area contributed by atoms with Crippen LogP contribution in [0.25, 0.3) is 0 Å². The molecule has 1 aromatic rings. The van der Waals surface area contributed by atoms with Crippen molar-refractivity contribution in [3.05, 3.63) is 24.0 Å². The Morgan fingerprint density at radius 3 is 2.36 bits per heavy atom. The summed E-state index contributed by atoms with van der Waals surface area (Å²) in [6.07, 6.45) is 0.909. The minimum absolute atomic E-state index is 0.283. The van der Waals surface area contributed by atoms with E-state index in [4.69, 9.17) is 10.0 Å². The quantitative estimate of drug-likeness (QED) is 0.488. The van der Waals surface area contributed by atoms with E-state index in [-0.39, 0.29) is 10.4 Å². The van der Waals surface area contributed by atoms with Crippen molar-refractivity contribution in [3.63, 3.8) is 0 Å². The lowest BCUT2D eigenvalue weighted by Gasteiger charge is -2.06. The summed E-state index contributed by atoms with van der Waals surface area (Å²) in [5, 5.41) is 17.6. The Morgan fingerprint density at radius 2 is 1.93 bits per heavy atom. The highest BCUT2D eigenvalue weighted by atomic mass is 32.2. The summed E-state index contributed by atoms with van der Waals surface area (Å²) in [5.74, 6) is -0.722. The van der Waals surface area contributed by atoms with E-state index in [9.17, 15) is 12.8 Å². The third kappa shape index (κ3) is 2.31. The molecular formula is C7H8BFO4S. The first-order chi connectivity index (χ1) is 6.32.